The Balaban J connectivity index is 0.00000264. The number of rotatable bonds is 7. The van der Waals surface area contributed by atoms with Gasteiger partial charge in [-0.2, -0.15) is 0 Å². The second-order valence-corrected chi connectivity index (χ2v) is 4.84. The van der Waals surface area contributed by atoms with Crippen molar-refractivity contribution in [2.75, 3.05) is 6.61 Å². The fourth-order valence-corrected chi connectivity index (χ4v) is 1.83. The van der Waals surface area contributed by atoms with Gasteiger partial charge in [0.1, 0.15) is 11.5 Å². The van der Waals surface area contributed by atoms with Gasteiger partial charge in [-0.05, 0) is 36.1 Å². The molecule has 2 aromatic rings. The highest BCUT2D eigenvalue weighted by atomic mass is 19.1. The van der Waals surface area contributed by atoms with E-state index in [1.54, 1.807) is 18.2 Å². The van der Waals surface area contributed by atoms with Crippen LogP contribution in [0.3, 0.4) is 0 Å². The first kappa shape index (κ1) is 16.3. The highest BCUT2D eigenvalue weighted by Crippen LogP contribution is 2.26. The average Bonchev–Trinajstić information content (AvgIpc) is 2.50. The van der Waals surface area contributed by atoms with E-state index in [2.05, 4.69) is 0 Å². The van der Waals surface area contributed by atoms with E-state index in [0.29, 0.717) is 23.6 Å². The lowest BCUT2D eigenvalue weighted by molar-refractivity contribution is 0.293. The van der Waals surface area contributed by atoms with E-state index in [0.717, 1.165) is 12.8 Å². The lowest BCUT2D eigenvalue weighted by atomic mass is 9.80. The summed E-state index contributed by atoms with van der Waals surface area (Å²) in [5.74, 6) is 0.552. The lowest BCUT2D eigenvalue weighted by Gasteiger charge is -2.10. The van der Waals surface area contributed by atoms with Crippen LogP contribution in [0.25, 0.3) is 0 Å². The zero-order valence-electron chi connectivity index (χ0n) is 12.3. The third-order valence-corrected chi connectivity index (χ3v) is 3.07. The molecule has 2 N–H and O–H groups in total. The summed E-state index contributed by atoms with van der Waals surface area (Å²) >= 11 is 0. The Morgan fingerprint density at radius 3 is 2.36 bits per heavy atom. The maximum atomic E-state index is 13.9. The second-order valence-electron chi connectivity index (χ2n) is 4.84. The summed E-state index contributed by atoms with van der Waals surface area (Å²) in [7, 11) is -1.52. The van der Waals surface area contributed by atoms with Crippen molar-refractivity contribution in [3.8, 4) is 17.2 Å². The number of hydrogen-bond donors (Lipinski definition) is 2. The van der Waals surface area contributed by atoms with Crippen molar-refractivity contribution in [3.05, 3.63) is 48.3 Å². The molecule has 0 aliphatic heterocycles. The number of halogens is 1. The van der Waals surface area contributed by atoms with E-state index >= 15 is 0 Å². The van der Waals surface area contributed by atoms with E-state index < -0.39 is 12.9 Å². The lowest BCUT2D eigenvalue weighted by Crippen LogP contribution is -2.29. The van der Waals surface area contributed by atoms with E-state index in [-0.39, 0.29) is 8.60 Å². The summed E-state index contributed by atoms with van der Waals surface area (Å²) in [5, 5.41) is 18.0. The normalized spacial score (nSPS) is 10.4. The molecule has 120 valence electrons. The molecule has 0 heterocycles. The van der Waals surface area contributed by atoms with Crippen molar-refractivity contribution in [1.82, 2.24) is 0 Å². The molecule has 22 heavy (non-hydrogen) atoms. The van der Waals surface area contributed by atoms with Crippen LogP contribution in [0.4, 0.5) is 4.39 Å². The molecule has 2 aromatic carbocycles. The summed E-state index contributed by atoms with van der Waals surface area (Å²) < 4.78 is 24.7. The molecule has 0 amide bonds. The molecule has 0 atom stereocenters. The molecule has 0 spiro atoms. The van der Waals surface area contributed by atoms with E-state index in [4.69, 9.17) is 19.5 Å². The van der Waals surface area contributed by atoms with Gasteiger partial charge in [-0.15, -0.1) is 0 Å². The molecule has 0 bridgehead atoms. The minimum Gasteiger partial charge on any atom is -0.491 e. The summed E-state index contributed by atoms with van der Waals surface area (Å²) in [6.07, 6.45) is 1.86. The first-order chi connectivity index (χ1) is 10.6. The van der Waals surface area contributed by atoms with Crippen LogP contribution in [-0.2, 0) is 0 Å². The fraction of sp³-hybridized carbons (Fsp3) is 0.250. The molecule has 0 unspecified atom stereocenters. The molecule has 4 nitrogen and oxygen atoms in total. The third kappa shape index (κ3) is 4.48. The summed E-state index contributed by atoms with van der Waals surface area (Å²) in [6, 6.07) is 10.6. The number of hydrogen-bond acceptors (Lipinski definition) is 4. The number of benzene rings is 2. The Bertz CT molecular complexity index is 612. The maximum Gasteiger partial charge on any atom is 0.488 e. The van der Waals surface area contributed by atoms with Crippen molar-refractivity contribution < 1.29 is 26.8 Å². The van der Waals surface area contributed by atoms with Gasteiger partial charge in [0.15, 0.2) is 11.6 Å². The zero-order chi connectivity index (χ0) is 15.9. The largest absolute Gasteiger partial charge is 0.491 e. The Labute approximate surface area is 132 Å². The van der Waals surface area contributed by atoms with E-state index in [1.807, 2.05) is 6.92 Å². The smallest absolute Gasteiger partial charge is 0.488 e. The predicted octanol–water partition coefficient (Wildman–Crippen LogP) is 2.97. The Kier molecular flexibility index (Phi) is 5.80. The monoisotopic (exact) mass is 308 g/mol. The van der Waals surface area contributed by atoms with Crippen LogP contribution in [0.5, 0.6) is 17.2 Å². The van der Waals surface area contributed by atoms with Gasteiger partial charge in [-0.1, -0.05) is 25.5 Å². The van der Waals surface area contributed by atoms with Gasteiger partial charge in [0.2, 0.25) is 0 Å². The molecule has 0 aliphatic carbocycles. The summed E-state index contributed by atoms with van der Waals surface area (Å²) in [6.45, 7) is 2.52. The van der Waals surface area contributed by atoms with E-state index in [1.165, 1.54) is 24.3 Å². The van der Waals surface area contributed by atoms with Crippen molar-refractivity contribution in [2.45, 2.75) is 19.8 Å². The highest BCUT2D eigenvalue weighted by molar-refractivity contribution is 6.58. The molecule has 0 saturated carbocycles. The molecular weight excluding hydrogens is 286 g/mol. The minimum atomic E-state index is -1.52. The molecule has 0 radical (unpaired) electrons. The summed E-state index contributed by atoms with van der Waals surface area (Å²) in [5.41, 5.74) is 0.359. The molecule has 2 rings (SSSR count). The van der Waals surface area contributed by atoms with Crippen LogP contribution in [0.1, 0.15) is 22.6 Å². The number of ether oxygens (including phenoxy) is 2. The number of unbranched alkanes of at least 4 members (excludes halogenated alkanes) is 1. The second kappa shape index (κ2) is 7.82. The summed E-state index contributed by atoms with van der Waals surface area (Å²) in [4.78, 5) is 0. The topological polar surface area (TPSA) is 58.9 Å². The van der Waals surface area contributed by atoms with Crippen LogP contribution in [-0.4, -0.2) is 23.8 Å². The Morgan fingerprint density at radius 1 is 1.09 bits per heavy atom. The SMILES string of the molecule is CCCCOc1ccc(Oc2ccc(B(O)O)cc2)cc1F.[HH].[HH]. The molecule has 6 heteroatoms. The Hall–Kier alpha value is -2.05. The van der Waals surface area contributed by atoms with Gasteiger partial charge in [0.05, 0.1) is 6.61 Å². The van der Waals surface area contributed by atoms with Gasteiger partial charge >= 0.3 is 7.12 Å². The molecular formula is C16H22BFO4. The van der Waals surface area contributed by atoms with Crippen LogP contribution < -0.4 is 14.9 Å². The van der Waals surface area contributed by atoms with Gasteiger partial charge in [-0.3, -0.25) is 0 Å². The molecule has 0 saturated heterocycles. The van der Waals surface area contributed by atoms with E-state index in [9.17, 15) is 4.39 Å². The highest BCUT2D eigenvalue weighted by Gasteiger charge is 2.11. The van der Waals surface area contributed by atoms with Gasteiger partial charge < -0.3 is 19.5 Å². The van der Waals surface area contributed by atoms with Gasteiger partial charge in [0.25, 0.3) is 0 Å². The van der Waals surface area contributed by atoms with Crippen LogP contribution in [0.2, 0.25) is 0 Å². The van der Waals surface area contributed by atoms with Crippen molar-refractivity contribution >= 4 is 12.6 Å². The quantitative estimate of drug-likeness (QED) is 0.610. The minimum absolute atomic E-state index is 0. The third-order valence-electron chi connectivity index (χ3n) is 3.07. The van der Waals surface area contributed by atoms with Gasteiger partial charge in [-0.25, -0.2) is 4.39 Å². The van der Waals surface area contributed by atoms with Crippen molar-refractivity contribution in [1.29, 1.82) is 0 Å². The average molecular weight is 308 g/mol. The molecule has 0 aromatic heterocycles. The Morgan fingerprint density at radius 2 is 1.77 bits per heavy atom. The first-order valence-corrected chi connectivity index (χ1v) is 7.16. The standard InChI is InChI=1S/C16H18BFO4.2H2/c1-2-3-10-21-16-9-8-14(11-15(16)18)22-13-6-4-12(5-7-13)17(19)20;;/h4-9,11,19-20H,2-3,10H2,1H3;2*1H. The molecule has 0 fully saturated rings. The zero-order valence-corrected chi connectivity index (χ0v) is 12.3. The van der Waals surface area contributed by atoms with Crippen LogP contribution in [0, 0.1) is 5.82 Å². The van der Waals surface area contributed by atoms with Crippen LogP contribution in [0.15, 0.2) is 42.5 Å². The predicted molar refractivity (Wildman–Crippen MR) is 87.4 cm³/mol. The van der Waals surface area contributed by atoms with Crippen LogP contribution >= 0.6 is 0 Å². The molecule has 0 aliphatic rings. The van der Waals surface area contributed by atoms with Gasteiger partial charge in [0, 0.05) is 8.92 Å². The maximum absolute atomic E-state index is 13.9. The fourth-order valence-electron chi connectivity index (χ4n) is 1.83. The van der Waals surface area contributed by atoms with Crippen molar-refractivity contribution in [3.63, 3.8) is 0 Å². The first-order valence-electron chi connectivity index (χ1n) is 7.16. The van der Waals surface area contributed by atoms with Crippen molar-refractivity contribution in [2.24, 2.45) is 0 Å².